The maximum absolute atomic E-state index is 14.2. The summed E-state index contributed by atoms with van der Waals surface area (Å²) >= 11 is 12.7. The second-order valence-electron chi connectivity index (χ2n) is 10.4. The lowest BCUT2D eigenvalue weighted by Gasteiger charge is -2.34. The van der Waals surface area contributed by atoms with Gasteiger partial charge >= 0.3 is 0 Å². The number of pyridine rings is 1. The maximum atomic E-state index is 14.2. The van der Waals surface area contributed by atoms with Crippen LogP contribution in [0.2, 0.25) is 10.0 Å². The van der Waals surface area contributed by atoms with Gasteiger partial charge in [0.15, 0.2) is 6.19 Å². The molecule has 0 spiro atoms. The molecule has 1 aliphatic heterocycles. The summed E-state index contributed by atoms with van der Waals surface area (Å²) in [6.45, 7) is 6.27. The van der Waals surface area contributed by atoms with E-state index in [1.54, 1.807) is 48.7 Å². The molecule has 3 atom stereocenters. The summed E-state index contributed by atoms with van der Waals surface area (Å²) in [5.74, 6) is -1.08. The van der Waals surface area contributed by atoms with Crippen molar-refractivity contribution in [3.63, 3.8) is 0 Å². The number of likely N-dealkylation sites (tertiary alicyclic amines) is 1. The Kier molecular flexibility index (Phi) is 8.45. The molecule has 1 fully saturated rings. The molecule has 4 rings (SSSR count). The number of amides is 2. The molecule has 1 aromatic heterocycles. The Hall–Kier alpha value is -3.64. The minimum Gasteiger partial charge on any atom is -0.391 e. The smallest absolute Gasteiger partial charge is 0.252 e. The lowest BCUT2D eigenvalue weighted by molar-refractivity contribution is -0.126. The number of rotatable bonds is 6. The Balaban J connectivity index is 1.86. The molecule has 202 valence electrons. The van der Waals surface area contributed by atoms with Crippen LogP contribution in [0.5, 0.6) is 0 Å². The molecule has 8 nitrogen and oxygen atoms in total. The molecule has 10 heteroatoms. The first-order valence-corrected chi connectivity index (χ1v) is 13.2. The predicted molar refractivity (Wildman–Crippen MR) is 151 cm³/mol. The fourth-order valence-electron chi connectivity index (χ4n) is 4.61. The van der Waals surface area contributed by atoms with Crippen LogP contribution in [0.1, 0.15) is 44.4 Å². The van der Waals surface area contributed by atoms with Crippen molar-refractivity contribution in [1.29, 1.82) is 5.26 Å². The summed E-state index contributed by atoms with van der Waals surface area (Å²) in [4.78, 5) is 35.0. The summed E-state index contributed by atoms with van der Waals surface area (Å²) in [5, 5.41) is 23.2. The lowest BCUT2D eigenvalue weighted by atomic mass is 9.87. The van der Waals surface area contributed by atoms with E-state index < -0.39 is 30.0 Å². The number of aromatic nitrogens is 1. The molecule has 2 N–H and O–H groups in total. The highest BCUT2D eigenvalue weighted by atomic mass is 35.5. The maximum Gasteiger partial charge on any atom is 0.252 e. The molecule has 1 unspecified atom stereocenters. The van der Waals surface area contributed by atoms with Gasteiger partial charge in [-0.25, -0.2) is 0 Å². The Bertz CT molecular complexity index is 1370. The van der Waals surface area contributed by atoms with E-state index in [1.165, 1.54) is 16.0 Å². The number of nitriles is 1. The minimum atomic E-state index is -1.20. The van der Waals surface area contributed by atoms with Crippen molar-refractivity contribution in [2.45, 2.75) is 50.8 Å². The van der Waals surface area contributed by atoms with Crippen LogP contribution in [0.25, 0.3) is 0 Å². The summed E-state index contributed by atoms with van der Waals surface area (Å²) in [6, 6.07) is 13.4. The zero-order valence-corrected chi connectivity index (χ0v) is 23.3. The lowest BCUT2D eigenvalue weighted by Crippen LogP contribution is -2.49. The largest absolute Gasteiger partial charge is 0.391 e. The van der Waals surface area contributed by atoms with Gasteiger partial charge in [-0.2, -0.15) is 5.26 Å². The van der Waals surface area contributed by atoms with Crippen LogP contribution in [-0.4, -0.2) is 45.5 Å². The summed E-state index contributed by atoms with van der Waals surface area (Å²) in [6.07, 6.45) is 4.28. The van der Waals surface area contributed by atoms with Gasteiger partial charge in [0.1, 0.15) is 12.1 Å². The highest BCUT2D eigenvalue weighted by Crippen LogP contribution is 2.36. The number of aliphatic hydroxyl groups excluding tert-OH is 1. The van der Waals surface area contributed by atoms with E-state index in [9.17, 15) is 20.0 Å². The van der Waals surface area contributed by atoms with E-state index in [2.05, 4.69) is 31.1 Å². The summed E-state index contributed by atoms with van der Waals surface area (Å²) < 4.78 is 0. The van der Waals surface area contributed by atoms with Crippen molar-refractivity contribution in [2.24, 2.45) is 0 Å². The minimum absolute atomic E-state index is 0.0305. The molecular weight excluding hydrogens is 537 g/mol. The fraction of sp³-hybridized carbons (Fsp3) is 0.310. The number of nitrogens with zero attached hydrogens (tertiary/aromatic N) is 4. The third kappa shape index (κ3) is 6.17. The number of hydrogen-bond donors (Lipinski definition) is 2. The number of para-hydroxylation sites is 1. The standard InChI is InChI=1S/C29H29Cl2N5O3/c1-29(2,3)19-9-11-20(12-10-19)36(28(39)24-14-21(37)16-35(24)17-32)26(18-6-5-13-33-15-18)27(38)34-25-22(30)7-4-8-23(25)31/h4-13,15,21,24,26,37H,14,16H2,1-3H3,(H,34,38)/t21-,24-,26?/m1/s1. The predicted octanol–water partition coefficient (Wildman–Crippen LogP) is 5.32. The molecule has 0 radical (unpaired) electrons. The third-order valence-electron chi connectivity index (χ3n) is 6.66. The van der Waals surface area contributed by atoms with Gasteiger partial charge in [0.2, 0.25) is 0 Å². The topological polar surface area (TPSA) is 110 Å². The highest BCUT2D eigenvalue weighted by Gasteiger charge is 2.43. The number of β-amino-alcohol motifs (C(OH)–C–C–N with tert-alkyl or cyclic N) is 1. The second-order valence-corrected chi connectivity index (χ2v) is 11.3. The quantitative estimate of drug-likeness (QED) is 0.391. The summed E-state index contributed by atoms with van der Waals surface area (Å²) in [7, 11) is 0. The SMILES string of the molecule is CC(C)(C)c1ccc(N(C(=O)[C@H]2C[C@@H](O)CN2C#N)C(C(=O)Nc2c(Cl)cccc2Cl)c2cccnc2)cc1. The Morgan fingerprint density at radius 2 is 1.79 bits per heavy atom. The van der Waals surface area contributed by atoms with Gasteiger partial charge < -0.3 is 10.4 Å². The van der Waals surface area contributed by atoms with E-state index in [4.69, 9.17) is 23.2 Å². The first kappa shape index (κ1) is 28.4. The van der Waals surface area contributed by atoms with E-state index >= 15 is 0 Å². The molecule has 1 saturated heterocycles. The van der Waals surface area contributed by atoms with Gasteiger partial charge in [0.25, 0.3) is 11.8 Å². The van der Waals surface area contributed by atoms with E-state index in [0.29, 0.717) is 11.3 Å². The third-order valence-corrected chi connectivity index (χ3v) is 7.29. The van der Waals surface area contributed by atoms with Gasteiger partial charge in [-0.3, -0.25) is 24.4 Å². The molecule has 2 amide bonds. The molecule has 0 aliphatic carbocycles. The van der Waals surface area contributed by atoms with Crippen LogP contribution >= 0.6 is 23.2 Å². The molecule has 1 aliphatic rings. The van der Waals surface area contributed by atoms with Crippen LogP contribution in [0, 0.1) is 11.5 Å². The zero-order valence-electron chi connectivity index (χ0n) is 21.8. The van der Waals surface area contributed by atoms with Crippen LogP contribution in [0.4, 0.5) is 11.4 Å². The second kappa shape index (κ2) is 11.6. The Morgan fingerprint density at radius 1 is 1.13 bits per heavy atom. The molecule has 0 bridgehead atoms. The van der Waals surface area contributed by atoms with Crippen LogP contribution < -0.4 is 10.2 Å². The van der Waals surface area contributed by atoms with Gasteiger partial charge in [-0.1, -0.05) is 68.2 Å². The number of anilines is 2. The molecule has 2 heterocycles. The molecule has 0 saturated carbocycles. The first-order valence-electron chi connectivity index (χ1n) is 12.4. The number of nitrogens with one attached hydrogen (secondary N) is 1. The van der Waals surface area contributed by atoms with Gasteiger partial charge in [-0.05, 0) is 41.3 Å². The zero-order chi connectivity index (χ0) is 28.3. The van der Waals surface area contributed by atoms with Crippen molar-refractivity contribution in [3.05, 3.63) is 88.2 Å². The van der Waals surface area contributed by atoms with Crippen LogP contribution in [0.15, 0.2) is 67.0 Å². The number of carbonyl (C=O) groups excluding carboxylic acids is 2. The fourth-order valence-corrected chi connectivity index (χ4v) is 5.10. The molecule has 39 heavy (non-hydrogen) atoms. The van der Waals surface area contributed by atoms with Crippen LogP contribution in [0.3, 0.4) is 0 Å². The first-order chi connectivity index (χ1) is 18.5. The van der Waals surface area contributed by atoms with Crippen molar-refractivity contribution < 1.29 is 14.7 Å². The summed E-state index contributed by atoms with van der Waals surface area (Å²) in [5.41, 5.74) is 2.00. The Labute approximate surface area is 237 Å². The van der Waals surface area contributed by atoms with E-state index in [1.807, 2.05) is 18.3 Å². The van der Waals surface area contributed by atoms with Gasteiger partial charge in [0.05, 0.1) is 28.4 Å². The van der Waals surface area contributed by atoms with Crippen molar-refractivity contribution in [3.8, 4) is 6.19 Å². The number of aliphatic hydroxyl groups is 1. The Morgan fingerprint density at radius 3 is 2.36 bits per heavy atom. The number of carbonyl (C=O) groups is 2. The molecule has 3 aromatic rings. The van der Waals surface area contributed by atoms with Gasteiger partial charge in [-0.15, -0.1) is 0 Å². The number of benzene rings is 2. The normalized spacial score (nSPS) is 17.8. The van der Waals surface area contributed by atoms with Crippen LogP contribution in [-0.2, 0) is 15.0 Å². The van der Waals surface area contributed by atoms with Crippen molar-refractivity contribution >= 4 is 46.4 Å². The van der Waals surface area contributed by atoms with E-state index in [0.717, 1.165) is 5.56 Å². The van der Waals surface area contributed by atoms with Gasteiger partial charge in [0, 0.05) is 30.1 Å². The number of hydrogen-bond acceptors (Lipinski definition) is 6. The average Bonchev–Trinajstić information content (AvgIpc) is 3.29. The number of halogens is 2. The monoisotopic (exact) mass is 565 g/mol. The van der Waals surface area contributed by atoms with Crippen molar-refractivity contribution in [2.75, 3.05) is 16.8 Å². The molecular formula is C29H29Cl2N5O3. The molecule has 2 aromatic carbocycles. The highest BCUT2D eigenvalue weighted by molar-refractivity contribution is 6.39. The average molecular weight is 566 g/mol. The van der Waals surface area contributed by atoms with Crippen molar-refractivity contribution in [1.82, 2.24) is 9.88 Å². The van der Waals surface area contributed by atoms with E-state index in [-0.39, 0.29) is 34.1 Å².